The van der Waals surface area contributed by atoms with E-state index >= 15 is 0 Å². The van der Waals surface area contributed by atoms with Crippen LogP contribution in [-0.2, 0) is 10.3 Å². The molecule has 2 N–H and O–H groups in total. The van der Waals surface area contributed by atoms with Gasteiger partial charge in [-0.25, -0.2) is 4.39 Å². The lowest BCUT2D eigenvalue weighted by molar-refractivity contribution is -0.128. The van der Waals surface area contributed by atoms with E-state index < -0.39 is 5.54 Å². The number of halogens is 2. The number of carbonyl (C=O) groups is 1. The van der Waals surface area contributed by atoms with Gasteiger partial charge in [-0.15, -0.1) is 12.4 Å². The maximum absolute atomic E-state index is 13.1. The van der Waals surface area contributed by atoms with Gasteiger partial charge in [0.2, 0.25) is 5.91 Å². The van der Waals surface area contributed by atoms with Gasteiger partial charge in [-0.05, 0) is 31.5 Å². The van der Waals surface area contributed by atoms with Crippen LogP contribution in [0.5, 0.6) is 0 Å². The van der Waals surface area contributed by atoms with E-state index in [1.54, 1.807) is 6.07 Å². The maximum atomic E-state index is 13.1. The molecule has 1 aromatic carbocycles. The molecule has 0 atom stereocenters. The lowest BCUT2D eigenvalue weighted by Crippen LogP contribution is -2.54. The zero-order valence-electron chi connectivity index (χ0n) is 10.5. The highest BCUT2D eigenvalue weighted by Gasteiger charge is 2.30. The molecule has 0 aliphatic carbocycles. The van der Waals surface area contributed by atoms with Gasteiger partial charge in [0.25, 0.3) is 0 Å². The summed E-state index contributed by atoms with van der Waals surface area (Å²) in [6, 6.07) is 6.34. The molecule has 1 fully saturated rings. The summed E-state index contributed by atoms with van der Waals surface area (Å²) in [5, 5.41) is 6.01. The predicted molar refractivity (Wildman–Crippen MR) is 71.2 cm³/mol. The number of rotatable bonds is 3. The first-order valence-corrected chi connectivity index (χ1v) is 5.78. The molecule has 2 rings (SSSR count). The Morgan fingerprint density at radius 3 is 2.61 bits per heavy atom. The van der Waals surface area contributed by atoms with Crippen molar-refractivity contribution < 1.29 is 9.18 Å². The van der Waals surface area contributed by atoms with E-state index in [1.807, 2.05) is 19.9 Å². The van der Waals surface area contributed by atoms with Crippen LogP contribution in [0.4, 0.5) is 4.39 Å². The Balaban J connectivity index is 0.00000162. The van der Waals surface area contributed by atoms with Crippen molar-refractivity contribution in [1.29, 1.82) is 0 Å². The minimum Gasteiger partial charge on any atom is -0.347 e. The molecule has 0 spiro atoms. The molecule has 1 aromatic rings. The Morgan fingerprint density at radius 2 is 2.11 bits per heavy atom. The fraction of sp³-hybridized carbons (Fsp3) is 0.462. The van der Waals surface area contributed by atoms with Crippen molar-refractivity contribution in [3.8, 4) is 0 Å². The molecule has 1 aliphatic heterocycles. The summed E-state index contributed by atoms with van der Waals surface area (Å²) in [5.41, 5.74) is 0.229. The molecular formula is C13H18ClFN2O. The highest BCUT2D eigenvalue weighted by atomic mass is 35.5. The topological polar surface area (TPSA) is 41.1 Å². The molecule has 0 aromatic heterocycles. The van der Waals surface area contributed by atoms with Crippen LogP contribution in [0.25, 0.3) is 0 Å². The summed E-state index contributed by atoms with van der Waals surface area (Å²) in [7, 11) is 0. The number of amides is 1. The number of hydrogen-bond donors (Lipinski definition) is 2. The summed E-state index contributed by atoms with van der Waals surface area (Å²) in [6.45, 7) is 5.22. The van der Waals surface area contributed by atoms with Crippen LogP contribution in [0.1, 0.15) is 19.4 Å². The van der Waals surface area contributed by atoms with E-state index in [1.165, 1.54) is 12.1 Å². The third-order valence-corrected chi connectivity index (χ3v) is 3.13. The van der Waals surface area contributed by atoms with E-state index in [-0.39, 0.29) is 30.0 Å². The maximum Gasteiger partial charge on any atom is 0.226 e. The van der Waals surface area contributed by atoms with E-state index in [9.17, 15) is 9.18 Å². The van der Waals surface area contributed by atoms with Gasteiger partial charge in [0, 0.05) is 13.1 Å². The molecule has 1 aliphatic rings. The molecule has 0 unspecified atom stereocenters. The zero-order chi connectivity index (χ0) is 12.5. The van der Waals surface area contributed by atoms with Gasteiger partial charge in [-0.1, -0.05) is 12.1 Å². The number of hydrogen-bond acceptors (Lipinski definition) is 2. The Bertz CT molecular complexity index is 433. The fourth-order valence-electron chi connectivity index (χ4n) is 1.83. The van der Waals surface area contributed by atoms with Crippen molar-refractivity contribution >= 4 is 18.3 Å². The molecule has 5 heteroatoms. The van der Waals surface area contributed by atoms with E-state index in [2.05, 4.69) is 10.6 Å². The second-order valence-electron chi connectivity index (χ2n) is 4.98. The first kappa shape index (κ1) is 14.9. The van der Waals surface area contributed by atoms with Gasteiger partial charge in [0.1, 0.15) is 5.82 Å². The lowest BCUT2D eigenvalue weighted by atomic mass is 9.92. The molecule has 100 valence electrons. The van der Waals surface area contributed by atoms with E-state index in [4.69, 9.17) is 0 Å². The SMILES string of the molecule is CC(C)(NC(=O)C1CNC1)c1cccc(F)c1.Cl. The highest BCUT2D eigenvalue weighted by molar-refractivity contribution is 5.85. The molecule has 18 heavy (non-hydrogen) atoms. The Kier molecular flexibility index (Phi) is 4.71. The van der Waals surface area contributed by atoms with Crippen molar-refractivity contribution in [3.05, 3.63) is 35.6 Å². The Labute approximate surface area is 113 Å². The Hall–Kier alpha value is -1.13. The van der Waals surface area contributed by atoms with Crippen molar-refractivity contribution in [2.75, 3.05) is 13.1 Å². The fourth-order valence-corrected chi connectivity index (χ4v) is 1.83. The third-order valence-electron chi connectivity index (χ3n) is 3.13. The van der Waals surface area contributed by atoms with Crippen LogP contribution in [0.15, 0.2) is 24.3 Å². The molecule has 3 nitrogen and oxygen atoms in total. The van der Waals surface area contributed by atoms with Crippen LogP contribution in [0.2, 0.25) is 0 Å². The van der Waals surface area contributed by atoms with Crippen molar-refractivity contribution in [2.24, 2.45) is 5.92 Å². The normalized spacial score (nSPS) is 15.5. The first-order valence-electron chi connectivity index (χ1n) is 5.78. The van der Waals surface area contributed by atoms with Crippen LogP contribution < -0.4 is 10.6 Å². The van der Waals surface area contributed by atoms with E-state index in [0.29, 0.717) is 0 Å². The lowest BCUT2D eigenvalue weighted by Gasteiger charge is -2.32. The van der Waals surface area contributed by atoms with Crippen molar-refractivity contribution in [3.63, 3.8) is 0 Å². The van der Waals surface area contributed by atoms with Crippen LogP contribution in [0.3, 0.4) is 0 Å². The van der Waals surface area contributed by atoms with Crippen LogP contribution in [0, 0.1) is 11.7 Å². The summed E-state index contributed by atoms with van der Waals surface area (Å²) >= 11 is 0. The van der Waals surface area contributed by atoms with Gasteiger partial charge < -0.3 is 10.6 Å². The molecule has 1 heterocycles. The minimum atomic E-state index is -0.547. The molecule has 0 bridgehead atoms. The second-order valence-corrected chi connectivity index (χ2v) is 4.98. The average Bonchev–Trinajstić information content (AvgIpc) is 2.13. The molecule has 0 saturated carbocycles. The number of carbonyl (C=O) groups excluding carboxylic acids is 1. The third kappa shape index (κ3) is 3.21. The van der Waals surface area contributed by atoms with Crippen LogP contribution in [-0.4, -0.2) is 19.0 Å². The summed E-state index contributed by atoms with van der Waals surface area (Å²) in [4.78, 5) is 11.9. The van der Waals surface area contributed by atoms with Gasteiger partial charge in [0.15, 0.2) is 0 Å². The summed E-state index contributed by atoms with van der Waals surface area (Å²) < 4.78 is 13.1. The molecule has 0 radical (unpaired) electrons. The standard InChI is InChI=1S/C13H17FN2O.ClH/c1-13(2,10-4-3-5-11(14)6-10)16-12(17)9-7-15-8-9;/h3-6,9,15H,7-8H2,1-2H3,(H,16,17);1H. The quantitative estimate of drug-likeness (QED) is 0.881. The molecule has 1 amide bonds. The van der Waals surface area contributed by atoms with Gasteiger partial charge in [-0.3, -0.25) is 4.79 Å². The largest absolute Gasteiger partial charge is 0.347 e. The molecule has 1 saturated heterocycles. The monoisotopic (exact) mass is 272 g/mol. The highest BCUT2D eigenvalue weighted by Crippen LogP contribution is 2.21. The van der Waals surface area contributed by atoms with Crippen molar-refractivity contribution in [2.45, 2.75) is 19.4 Å². The number of nitrogens with one attached hydrogen (secondary N) is 2. The number of benzene rings is 1. The zero-order valence-corrected chi connectivity index (χ0v) is 11.3. The van der Waals surface area contributed by atoms with Crippen molar-refractivity contribution in [1.82, 2.24) is 10.6 Å². The van der Waals surface area contributed by atoms with Crippen LogP contribution >= 0.6 is 12.4 Å². The van der Waals surface area contributed by atoms with Gasteiger partial charge in [-0.2, -0.15) is 0 Å². The van der Waals surface area contributed by atoms with Gasteiger partial charge in [0.05, 0.1) is 11.5 Å². The first-order chi connectivity index (χ1) is 7.99. The Morgan fingerprint density at radius 1 is 1.44 bits per heavy atom. The average molecular weight is 273 g/mol. The van der Waals surface area contributed by atoms with E-state index in [0.717, 1.165) is 18.7 Å². The predicted octanol–water partition coefficient (Wildman–Crippen LogP) is 1.82. The molecular weight excluding hydrogens is 255 g/mol. The second kappa shape index (κ2) is 5.67. The minimum absolute atomic E-state index is 0. The smallest absolute Gasteiger partial charge is 0.226 e. The summed E-state index contributed by atoms with van der Waals surface area (Å²) in [5.74, 6) is -0.212. The summed E-state index contributed by atoms with van der Waals surface area (Å²) in [6.07, 6.45) is 0. The van der Waals surface area contributed by atoms with Gasteiger partial charge >= 0.3 is 0 Å².